The number of carbonyl (C=O) groups is 1. The molecule has 0 aliphatic carbocycles. The molecule has 1 N–H and O–H groups in total. The summed E-state index contributed by atoms with van der Waals surface area (Å²) in [5.41, 5.74) is 1.04. The van der Waals surface area contributed by atoms with Gasteiger partial charge in [-0.25, -0.2) is 0 Å². The van der Waals surface area contributed by atoms with Gasteiger partial charge < -0.3 is 15.0 Å². The predicted molar refractivity (Wildman–Crippen MR) is 72.1 cm³/mol. The highest BCUT2D eigenvalue weighted by molar-refractivity contribution is 6.01. The SMILES string of the molecule is CCNC1CCN(c2c(C#N)cccc2OC)C1=O. The molecule has 1 atom stereocenters. The number of nitrogens with zero attached hydrogens (tertiary/aromatic N) is 2. The standard InChI is InChI=1S/C14H17N3O2/c1-3-16-11-7-8-17(14(11)18)13-10(9-15)5-4-6-12(13)19-2/h4-6,11,16H,3,7-8H2,1-2H3. The Morgan fingerprint density at radius 1 is 1.58 bits per heavy atom. The minimum atomic E-state index is -0.165. The van der Waals surface area contributed by atoms with Gasteiger partial charge in [0, 0.05) is 6.54 Å². The molecule has 1 heterocycles. The van der Waals surface area contributed by atoms with Crippen LogP contribution in [0.1, 0.15) is 18.9 Å². The molecule has 0 aromatic heterocycles. The number of ether oxygens (including phenoxy) is 1. The molecule has 5 nitrogen and oxygen atoms in total. The molecule has 5 heteroatoms. The molecule has 1 amide bonds. The Kier molecular flexibility index (Phi) is 4.03. The van der Waals surface area contributed by atoms with Crippen molar-refractivity contribution >= 4 is 11.6 Å². The highest BCUT2D eigenvalue weighted by atomic mass is 16.5. The van der Waals surface area contributed by atoms with E-state index in [2.05, 4.69) is 11.4 Å². The number of methoxy groups -OCH3 is 1. The molecule has 1 aliphatic heterocycles. The molecule has 0 bridgehead atoms. The lowest BCUT2D eigenvalue weighted by Crippen LogP contribution is -2.38. The van der Waals surface area contributed by atoms with Crippen molar-refractivity contribution in [2.45, 2.75) is 19.4 Å². The summed E-state index contributed by atoms with van der Waals surface area (Å²) in [5.74, 6) is 0.562. The van der Waals surface area contributed by atoms with E-state index in [0.29, 0.717) is 23.5 Å². The molecule has 1 aromatic carbocycles. The van der Waals surface area contributed by atoms with Crippen molar-refractivity contribution in [1.82, 2.24) is 5.32 Å². The fraction of sp³-hybridized carbons (Fsp3) is 0.429. The van der Waals surface area contributed by atoms with Gasteiger partial charge in [0.1, 0.15) is 17.5 Å². The van der Waals surface area contributed by atoms with Crippen molar-refractivity contribution in [3.8, 4) is 11.8 Å². The molecule has 19 heavy (non-hydrogen) atoms. The summed E-state index contributed by atoms with van der Waals surface area (Å²) in [6.45, 7) is 3.33. The third-order valence-corrected chi connectivity index (χ3v) is 3.27. The van der Waals surface area contributed by atoms with Gasteiger partial charge in [-0.2, -0.15) is 5.26 Å². The van der Waals surface area contributed by atoms with Crippen LogP contribution in [-0.4, -0.2) is 32.1 Å². The number of para-hydroxylation sites is 1. The Morgan fingerprint density at radius 2 is 2.37 bits per heavy atom. The summed E-state index contributed by atoms with van der Waals surface area (Å²) in [5, 5.41) is 12.3. The summed E-state index contributed by atoms with van der Waals surface area (Å²) in [6, 6.07) is 7.18. The Hall–Kier alpha value is -2.06. The number of nitriles is 1. The average Bonchev–Trinajstić information content (AvgIpc) is 2.79. The summed E-state index contributed by atoms with van der Waals surface area (Å²) in [6.07, 6.45) is 0.746. The predicted octanol–water partition coefficient (Wildman–Crippen LogP) is 1.28. The Morgan fingerprint density at radius 3 is 3.00 bits per heavy atom. The number of hydrogen-bond acceptors (Lipinski definition) is 4. The highest BCUT2D eigenvalue weighted by Gasteiger charge is 2.34. The van der Waals surface area contributed by atoms with Gasteiger partial charge in [-0.1, -0.05) is 13.0 Å². The van der Waals surface area contributed by atoms with Crippen LogP contribution in [0.5, 0.6) is 5.75 Å². The van der Waals surface area contributed by atoms with E-state index in [9.17, 15) is 10.1 Å². The van der Waals surface area contributed by atoms with Gasteiger partial charge in [-0.05, 0) is 25.1 Å². The summed E-state index contributed by atoms with van der Waals surface area (Å²) >= 11 is 0. The summed E-state index contributed by atoms with van der Waals surface area (Å²) < 4.78 is 5.28. The highest BCUT2D eigenvalue weighted by Crippen LogP contribution is 2.34. The third kappa shape index (κ3) is 2.40. The maximum absolute atomic E-state index is 12.3. The minimum Gasteiger partial charge on any atom is -0.495 e. The van der Waals surface area contributed by atoms with Gasteiger partial charge in [0.25, 0.3) is 0 Å². The van der Waals surface area contributed by atoms with Gasteiger partial charge in [-0.3, -0.25) is 4.79 Å². The Balaban J connectivity index is 2.38. The minimum absolute atomic E-state index is 0.00264. The molecule has 1 aromatic rings. The normalized spacial score (nSPS) is 18.5. The van der Waals surface area contributed by atoms with Crippen LogP contribution in [0.15, 0.2) is 18.2 Å². The lowest BCUT2D eigenvalue weighted by atomic mass is 10.1. The number of benzene rings is 1. The molecule has 0 saturated carbocycles. The van der Waals surface area contributed by atoms with Crippen molar-refractivity contribution < 1.29 is 9.53 Å². The molecule has 1 unspecified atom stereocenters. The van der Waals surface area contributed by atoms with Crippen LogP contribution in [0.3, 0.4) is 0 Å². The average molecular weight is 259 g/mol. The van der Waals surface area contributed by atoms with Crippen molar-refractivity contribution in [1.29, 1.82) is 5.26 Å². The molecular formula is C14H17N3O2. The van der Waals surface area contributed by atoms with Gasteiger partial charge >= 0.3 is 0 Å². The van der Waals surface area contributed by atoms with E-state index in [1.807, 2.05) is 6.92 Å². The van der Waals surface area contributed by atoms with Crippen LogP contribution in [0, 0.1) is 11.3 Å². The second-order valence-corrected chi connectivity index (χ2v) is 4.36. The van der Waals surface area contributed by atoms with Gasteiger partial charge in [0.15, 0.2) is 0 Å². The third-order valence-electron chi connectivity index (χ3n) is 3.27. The number of rotatable bonds is 4. The fourth-order valence-corrected chi connectivity index (χ4v) is 2.39. The first-order valence-electron chi connectivity index (χ1n) is 6.34. The second kappa shape index (κ2) is 5.72. The van der Waals surface area contributed by atoms with E-state index in [-0.39, 0.29) is 11.9 Å². The van der Waals surface area contributed by atoms with E-state index in [1.165, 1.54) is 0 Å². The largest absolute Gasteiger partial charge is 0.495 e. The first-order valence-corrected chi connectivity index (χ1v) is 6.34. The smallest absolute Gasteiger partial charge is 0.244 e. The van der Waals surface area contributed by atoms with Crippen molar-refractivity contribution in [3.63, 3.8) is 0 Å². The maximum Gasteiger partial charge on any atom is 0.244 e. The van der Waals surface area contributed by atoms with Gasteiger partial charge in [-0.15, -0.1) is 0 Å². The lowest BCUT2D eigenvalue weighted by Gasteiger charge is -2.20. The van der Waals surface area contributed by atoms with Crippen LogP contribution >= 0.6 is 0 Å². The molecule has 1 fully saturated rings. The summed E-state index contributed by atoms with van der Waals surface area (Å²) in [4.78, 5) is 14.0. The Bertz CT molecular complexity index is 522. The second-order valence-electron chi connectivity index (χ2n) is 4.36. The Labute approximate surface area is 112 Å². The van der Waals surface area contributed by atoms with Crippen LogP contribution in [-0.2, 0) is 4.79 Å². The number of carbonyl (C=O) groups excluding carboxylic acids is 1. The molecule has 0 radical (unpaired) electrons. The van der Waals surface area contributed by atoms with Crippen LogP contribution in [0.25, 0.3) is 0 Å². The first kappa shape index (κ1) is 13.4. The quantitative estimate of drug-likeness (QED) is 0.884. The van der Waals surface area contributed by atoms with E-state index in [4.69, 9.17) is 4.74 Å². The monoisotopic (exact) mass is 259 g/mol. The lowest BCUT2D eigenvalue weighted by molar-refractivity contribution is -0.118. The van der Waals surface area contributed by atoms with Crippen molar-refractivity contribution in [2.24, 2.45) is 0 Å². The number of anilines is 1. The number of amides is 1. The zero-order valence-electron chi connectivity index (χ0n) is 11.1. The molecule has 1 saturated heterocycles. The van der Waals surface area contributed by atoms with E-state index in [1.54, 1.807) is 30.2 Å². The molecular weight excluding hydrogens is 242 g/mol. The number of hydrogen-bond donors (Lipinski definition) is 1. The van der Waals surface area contributed by atoms with Crippen LogP contribution < -0.4 is 15.0 Å². The van der Waals surface area contributed by atoms with E-state index in [0.717, 1.165) is 13.0 Å². The zero-order valence-corrected chi connectivity index (χ0v) is 11.1. The zero-order chi connectivity index (χ0) is 13.8. The fourth-order valence-electron chi connectivity index (χ4n) is 2.39. The summed E-state index contributed by atoms with van der Waals surface area (Å²) in [7, 11) is 1.54. The first-order chi connectivity index (χ1) is 9.22. The maximum atomic E-state index is 12.3. The number of likely N-dealkylation sites (N-methyl/N-ethyl adjacent to an activating group) is 1. The van der Waals surface area contributed by atoms with Gasteiger partial charge in [0.05, 0.1) is 18.7 Å². The molecule has 0 spiro atoms. The van der Waals surface area contributed by atoms with Gasteiger partial charge in [0.2, 0.25) is 5.91 Å². The van der Waals surface area contributed by atoms with Crippen molar-refractivity contribution in [3.05, 3.63) is 23.8 Å². The van der Waals surface area contributed by atoms with E-state index >= 15 is 0 Å². The molecule has 2 rings (SSSR count). The van der Waals surface area contributed by atoms with Crippen LogP contribution in [0.2, 0.25) is 0 Å². The molecule has 1 aliphatic rings. The topological polar surface area (TPSA) is 65.4 Å². The van der Waals surface area contributed by atoms with Crippen molar-refractivity contribution in [2.75, 3.05) is 25.1 Å². The molecule has 100 valence electrons. The van der Waals surface area contributed by atoms with Crippen LogP contribution in [0.4, 0.5) is 5.69 Å². The number of nitrogens with one attached hydrogen (secondary N) is 1. The van der Waals surface area contributed by atoms with E-state index < -0.39 is 0 Å².